The van der Waals surface area contributed by atoms with Gasteiger partial charge in [-0.2, -0.15) is 0 Å². The number of sulfonamides is 1. The van der Waals surface area contributed by atoms with E-state index in [-0.39, 0.29) is 17.3 Å². The Morgan fingerprint density at radius 1 is 1.26 bits per heavy atom. The van der Waals surface area contributed by atoms with E-state index in [1.165, 1.54) is 19.1 Å². The molecule has 8 heteroatoms. The van der Waals surface area contributed by atoms with Crippen molar-refractivity contribution in [1.29, 1.82) is 0 Å². The number of nitrogens with one attached hydrogen (secondary N) is 2. The molecule has 1 atom stereocenters. The maximum atomic E-state index is 12.6. The van der Waals surface area contributed by atoms with Crippen molar-refractivity contribution in [3.8, 4) is 5.75 Å². The van der Waals surface area contributed by atoms with E-state index in [2.05, 4.69) is 10.0 Å². The number of aryl methyl sites for hydroxylation is 1. The van der Waals surface area contributed by atoms with Crippen LogP contribution in [0.3, 0.4) is 0 Å². The molecule has 2 aromatic carbocycles. The van der Waals surface area contributed by atoms with Gasteiger partial charge in [0.25, 0.3) is 0 Å². The molecular weight excluding hydrogens is 368 g/mol. The van der Waals surface area contributed by atoms with Crippen molar-refractivity contribution in [3.05, 3.63) is 53.1 Å². The van der Waals surface area contributed by atoms with Gasteiger partial charge in [0.15, 0.2) is 0 Å². The molecule has 2 aromatic rings. The smallest absolute Gasteiger partial charge is 0.240 e. The Hall–Kier alpha value is -2.42. The summed E-state index contributed by atoms with van der Waals surface area (Å²) in [4.78, 5) is 11.2. The van der Waals surface area contributed by atoms with Gasteiger partial charge in [0.1, 0.15) is 5.75 Å². The summed E-state index contributed by atoms with van der Waals surface area (Å²) in [6.07, 6.45) is -0.189. The van der Waals surface area contributed by atoms with Crippen LogP contribution in [0.1, 0.15) is 29.7 Å². The van der Waals surface area contributed by atoms with Gasteiger partial charge >= 0.3 is 0 Å². The number of hydrogen-bond acceptors (Lipinski definition) is 5. The summed E-state index contributed by atoms with van der Waals surface area (Å²) in [7, 11) is -3.80. The van der Waals surface area contributed by atoms with E-state index in [1.807, 2.05) is 6.07 Å². The van der Waals surface area contributed by atoms with Crippen LogP contribution in [0, 0.1) is 6.92 Å². The minimum atomic E-state index is -3.80. The lowest BCUT2D eigenvalue weighted by molar-refractivity contribution is -0.114. The van der Waals surface area contributed by atoms with Crippen molar-refractivity contribution < 1.29 is 23.1 Å². The largest absolute Gasteiger partial charge is 0.493 e. The summed E-state index contributed by atoms with van der Waals surface area (Å²) < 4.78 is 33.0. The van der Waals surface area contributed by atoms with Crippen molar-refractivity contribution in [2.24, 2.45) is 0 Å². The topological polar surface area (TPSA) is 105 Å². The first kappa shape index (κ1) is 19.3. The van der Waals surface area contributed by atoms with Crippen LogP contribution in [0.4, 0.5) is 5.69 Å². The highest BCUT2D eigenvalue weighted by atomic mass is 32.2. The van der Waals surface area contributed by atoms with Crippen LogP contribution in [0.5, 0.6) is 5.75 Å². The molecule has 0 radical (unpaired) electrons. The number of ether oxygens (including phenoxy) is 1. The van der Waals surface area contributed by atoms with E-state index in [4.69, 9.17) is 4.74 Å². The molecule has 1 aliphatic rings. The van der Waals surface area contributed by atoms with Crippen LogP contribution in [0.15, 0.2) is 41.3 Å². The maximum absolute atomic E-state index is 12.6. The molecule has 0 spiro atoms. The Morgan fingerprint density at radius 3 is 2.74 bits per heavy atom. The fourth-order valence-electron chi connectivity index (χ4n) is 3.03. The molecule has 1 aliphatic heterocycles. The second-order valence-electron chi connectivity index (χ2n) is 6.49. The summed E-state index contributed by atoms with van der Waals surface area (Å²) in [5, 5.41) is 13.0. The molecule has 144 valence electrons. The summed E-state index contributed by atoms with van der Waals surface area (Å²) in [6, 6.07) is 9.92. The molecule has 7 nitrogen and oxygen atoms in total. The SMILES string of the molecule is CC(=O)Nc1ccc(S(=O)(=O)NCC(O)c2ccc3c(c2)CCO3)c(C)c1. The van der Waals surface area contributed by atoms with Crippen molar-refractivity contribution in [2.45, 2.75) is 31.3 Å². The van der Waals surface area contributed by atoms with Gasteiger partial charge in [-0.1, -0.05) is 6.07 Å². The van der Waals surface area contributed by atoms with Crippen molar-refractivity contribution >= 4 is 21.6 Å². The van der Waals surface area contributed by atoms with Gasteiger partial charge in [-0.05, 0) is 53.9 Å². The van der Waals surface area contributed by atoms with E-state index in [1.54, 1.807) is 25.1 Å². The maximum Gasteiger partial charge on any atom is 0.240 e. The molecule has 0 fully saturated rings. The number of aliphatic hydroxyl groups is 1. The van der Waals surface area contributed by atoms with Crippen LogP contribution < -0.4 is 14.8 Å². The summed E-state index contributed by atoms with van der Waals surface area (Å²) >= 11 is 0. The molecular formula is C19H22N2O5S. The van der Waals surface area contributed by atoms with Gasteiger partial charge in [0.2, 0.25) is 15.9 Å². The lowest BCUT2D eigenvalue weighted by atomic mass is 10.0. The summed E-state index contributed by atoms with van der Waals surface area (Å²) in [6.45, 7) is 3.51. The Bertz CT molecular complexity index is 972. The Labute approximate surface area is 158 Å². The zero-order valence-corrected chi connectivity index (χ0v) is 16.0. The Morgan fingerprint density at radius 2 is 2.04 bits per heavy atom. The molecule has 1 unspecified atom stereocenters. The highest BCUT2D eigenvalue weighted by Crippen LogP contribution is 2.28. The van der Waals surface area contributed by atoms with Crippen LogP contribution in [0.2, 0.25) is 0 Å². The summed E-state index contributed by atoms with van der Waals surface area (Å²) in [5.41, 5.74) is 2.68. The van der Waals surface area contributed by atoms with E-state index < -0.39 is 16.1 Å². The minimum absolute atomic E-state index is 0.103. The molecule has 0 saturated carbocycles. The second-order valence-corrected chi connectivity index (χ2v) is 8.23. The van der Waals surface area contributed by atoms with Crippen LogP contribution in [0.25, 0.3) is 0 Å². The number of carbonyl (C=O) groups is 1. The highest BCUT2D eigenvalue weighted by molar-refractivity contribution is 7.89. The quantitative estimate of drug-likeness (QED) is 0.699. The van der Waals surface area contributed by atoms with Gasteiger partial charge in [0, 0.05) is 25.6 Å². The number of fused-ring (bicyclic) bond motifs is 1. The molecule has 0 bridgehead atoms. The summed E-state index contributed by atoms with van der Waals surface area (Å²) in [5.74, 6) is 0.576. The molecule has 1 amide bonds. The first-order valence-corrected chi connectivity index (χ1v) is 10.1. The lowest BCUT2D eigenvalue weighted by Gasteiger charge is -2.15. The first-order chi connectivity index (χ1) is 12.8. The molecule has 0 aromatic heterocycles. The zero-order chi connectivity index (χ0) is 19.6. The lowest BCUT2D eigenvalue weighted by Crippen LogP contribution is -2.29. The average Bonchev–Trinajstić information content (AvgIpc) is 3.06. The van der Waals surface area contributed by atoms with E-state index >= 15 is 0 Å². The molecule has 1 heterocycles. The van der Waals surface area contributed by atoms with Crippen molar-refractivity contribution in [3.63, 3.8) is 0 Å². The van der Waals surface area contributed by atoms with Gasteiger partial charge in [-0.3, -0.25) is 4.79 Å². The molecule has 3 rings (SSSR count). The fraction of sp³-hybridized carbons (Fsp3) is 0.316. The molecule has 0 aliphatic carbocycles. The number of hydrogen-bond donors (Lipinski definition) is 3. The molecule has 0 saturated heterocycles. The van der Waals surface area contributed by atoms with Gasteiger partial charge in [-0.15, -0.1) is 0 Å². The zero-order valence-electron chi connectivity index (χ0n) is 15.2. The van der Waals surface area contributed by atoms with E-state index in [0.29, 0.717) is 23.4 Å². The van der Waals surface area contributed by atoms with Crippen LogP contribution in [-0.4, -0.2) is 32.6 Å². The van der Waals surface area contributed by atoms with Crippen LogP contribution in [-0.2, 0) is 21.2 Å². The number of benzene rings is 2. The Kier molecular flexibility index (Phi) is 5.50. The minimum Gasteiger partial charge on any atom is -0.493 e. The Balaban J connectivity index is 1.70. The van der Waals surface area contributed by atoms with Crippen LogP contribution >= 0.6 is 0 Å². The standard InChI is InChI=1S/C19H22N2O5S/c1-12-9-16(21-13(2)22)4-6-19(12)27(24,25)20-11-17(23)14-3-5-18-15(10-14)7-8-26-18/h3-6,9-10,17,20,23H,7-8,11H2,1-2H3,(H,21,22). The fourth-order valence-corrected chi connectivity index (χ4v) is 4.29. The highest BCUT2D eigenvalue weighted by Gasteiger charge is 2.20. The number of anilines is 1. The van der Waals surface area contributed by atoms with E-state index in [9.17, 15) is 18.3 Å². The number of carbonyl (C=O) groups excluding carboxylic acids is 1. The monoisotopic (exact) mass is 390 g/mol. The van der Waals surface area contributed by atoms with Gasteiger partial charge in [-0.25, -0.2) is 13.1 Å². The molecule has 3 N–H and O–H groups in total. The number of rotatable bonds is 6. The first-order valence-electron chi connectivity index (χ1n) is 8.58. The third-order valence-corrected chi connectivity index (χ3v) is 5.93. The number of amides is 1. The van der Waals surface area contributed by atoms with Gasteiger partial charge in [0.05, 0.1) is 17.6 Å². The third kappa shape index (κ3) is 4.47. The predicted molar refractivity (Wildman–Crippen MR) is 101 cm³/mol. The van der Waals surface area contributed by atoms with Crippen molar-refractivity contribution in [1.82, 2.24) is 4.72 Å². The molecule has 27 heavy (non-hydrogen) atoms. The normalized spacial score (nSPS) is 14.3. The van der Waals surface area contributed by atoms with E-state index in [0.717, 1.165) is 17.7 Å². The van der Waals surface area contributed by atoms with Crippen molar-refractivity contribution in [2.75, 3.05) is 18.5 Å². The average molecular weight is 390 g/mol. The third-order valence-electron chi connectivity index (χ3n) is 4.35. The van der Waals surface area contributed by atoms with Gasteiger partial charge < -0.3 is 15.2 Å². The predicted octanol–water partition coefficient (Wildman–Crippen LogP) is 1.90. The second kappa shape index (κ2) is 7.67. The number of aliphatic hydroxyl groups excluding tert-OH is 1.